The second-order valence-corrected chi connectivity index (χ2v) is 25.1. The number of hydrogen-bond donors (Lipinski definition) is 0. The standard InChI is InChI=1S/C65H71BN6O.Pt/c1-16-66-71(59-38-46(31-32-67-59)62(4,5)6)58-40-52(29-30-53(58)60-42(2)43(3)68-72(60)66)73-51-26-22-25-50(39-51)69-41-70(57-28-21-20-27-56(57)69)61-54(44-23-18-17-19-24-44)36-49(65(13,14)15)37-55(61)45-33-47(63(7,8)9)35-48(34-45)64(10,11)12;/h17-40H,16H2,1-15H3;/i17D,18D,19D,23D,24D;. The second-order valence-electron chi connectivity index (χ2n) is 24.1. The first kappa shape index (κ1) is 44.9. The molecule has 0 unspecified atom stereocenters. The van der Waals surface area contributed by atoms with E-state index >= 15 is 0 Å². The third-order valence-electron chi connectivity index (χ3n) is 14.6. The maximum absolute atomic E-state index is 9.52. The molecule has 1 aliphatic heterocycles. The maximum atomic E-state index is 9.52. The minimum atomic E-state index is -0.431. The quantitative estimate of drug-likeness (QED) is 0.142. The summed E-state index contributed by atoms with van der Waals surface area (Å²) in [5.41, 5.74) is 14.8. The Labute approximate surface area is 457 Å². The number of aryl methyl sites for hydroxylation is 1. The van der Waals surface area contributed by atoms with Crippen LogP contribution in [0.4, 0.5) is 11.5 Å². The van der Waals surface area contributed by atoms with Gasteiger partial charge in [0, 0.05) is 6.20 Å². The third kappa shape index (κ3) is 9.27. The molecule has 0 N–H and O–H groups in total. The molecule has 9 aromatic rings. The molecule has 10 rings (SSSR count). The predicted octanol–water partition coefficient (Wildman–Crippen LogP) is 17.2. The van der Waals surface area contributed by atoms with E-state index < -0.39 is 6.04 Å². The average molecular weight is 1160 g/mol. The fourth-order valence-corrected chi connectivity index (χ4v) is 11.3. The summed E-state index contributed by atoms with van der Waals surface area (Å²) in [5.74, 6) is 2.16. The number of rotatable bonds is 8. The molecule has 0 aliphatic carbocycles. The number of ether oxygens (including phenoxy) is 1. The fraction of sp³-hybridized carbons (Fsp3) is 0.308. The summed E-state index contributed by atoms with van der Waals surface area (Å²) in [7, 11) is 0. The fourth-order valence-electron chi connectivity index (χ4n) is 10.2. The van der Waals surface area contributed by atoms with Gasteiger partial charge in [-0.2, -0.15) is 5.10 Å². The summed E-state index contributed by atoms with van der Waals surface area (Å²) in [6, 6.07) is 36.5. The van der Waals surface area contributed by atoms with Crippen LogP contribution in [0, 0.1) is 17.7 Å². The van der Waals surface area contributed by atoms with Crippen molar-refractivity contribution in [2.45, 2.75) is 132 Å². The molecule has 0 atom stereocenters. The number of benzene rings is 6. The molecule has 0 radical (unpaired) electrons. The number of anilines is 2. The number of pyridine rings is 1. The number of para-hydroxylation sites is 2. The Hall–Kier alpha value is -6.50. The van der Waals surface area contributed by atoms with Crippen molar-refractivity contribution in [3.63, 3.8) is 0 Å². The van der Waals surface area contributed by atoms with Gasteiger partial charge in [0.15, 0.2) is 0 Å². The molecule has 7 nitrogen and oxygen atoms in total. The molecule has 4 heterocycles. The summed E-state index contributed by atoms with van der Waals surface area (Å²) in [4.78, 5) is 7.30. The van der Waals surface area contributed by atoms with Crippen LogP contribution in [0.1, 0.15) is 130 Å². The Morgan fingerprint density at radius 2 is 1.19 bits per heavy atom. The summed E-state index contributed by atoms with van der Waals surface area (Å²) < 4.78 is 60.0. The first-order valence-corrected chi connectivity index (χ1v) is 27.0. The van der Waals surface area contributed by atoms with Crippen LogP contribution in [0.2, 0.25) is 6.32 Å². The van der Waals surface area contributed by atoms with Gasteiger partial charge in [0.1, 0.15) is 0 Å². The molecule has 0 bridgehead atoms. The summed E-state index contributed by atoms with van der Waals surface area (Å²) in [6.45, 7) is 32.8. The predicted molar refractivity (Wildman–Crippen MR) is 307 cm³/mol. The van der Waals surface area contributed by atoms with Crippen molar-refractivity contribution < 1.29 is 30.9 Å². The van der Waals surface area contributed by atoms with Crippen LogP contribution < -0.4 is 9.55 Å². The zero-order chi connectivity index (χ0) is 57.2. The van der Waals surface area contributed by atoms with Gasteiger partial charge in [0.2, 0.25) is 0 Å². The van der Waals surface area contributed by atoms with Gasteiger partial charge in [-0.3, -0.25) is 0 Å². The van der Waals surface area contributed by atoms with Gasteiger partial charge in [-0.05, 0) is 30.9 Å². The number of imidazole rings is 1. The van der Waals surface area contributed by atoms with Crippen molar-refractivity contribution in [2.75, 3.05) is 4.81 Å². The molecule has 1 aliphatic rings. The van der Waals surface area contributed by atoms with E-state index in [1.165, 1.54) is 16.7 Å². The number of hydrogen-bond acceptors (Lipinski definition) is 4. The Kier molecular flexibility index (Phi) is 11.4. The average Bonchev–Trinajstić information content (AvgIpc) is 3.96. The van der Waals surface area contributed by atoms with Gasteiger partial charge in [-0.1, -0.05) is 27.7 Å². The summed E-state index contributed by atoms with van der Waals surface area (Å²) >= 11 is 2.40. The molecular weight excluding hydrogens is 1090 g/mol. The zero-order valence-electron chi connectivity index (χ0n) is 50.7. The van der Waals surface area contributed by atoms with Crippen molar-refractivity contribution in [3.8, 4) is 56.4 Å². The Bertz CT molecular complexity index is 3940. The SMILES string of the molecule is [2H]c1c([2H])c([2H])c(-c2cc(C(C)(C)C)cc(-c3cc(C(C)(C)C)cc(C(C)(C)C)c3)c2-n2[c](=[Pt])n(-c3cccc(Oc4ccc5c(c4)N(c4cc(C(C)(C)C)ccn4)B(CC)n4nc(C)c(C)c4-5)c3)c3ccccc32)c([2H])c1[2H]. The molecule has 9 heteroatoms. The molecule has 6 aromatic carbocycles. The van der Waals surface area contributed by atoms with Crippen LogP contribution in [0.3, 0.4) is 0 Å². The van der Waals surface area contributed by atoms with Gasteiger partial charge in [0.25, 0.3) is 0 Å². The van der Waals surface area contributed by atoms with Crippen LogP contribution in [0.15, 0.2) is 146 Å². The molecular formula is C65H71BN6OPt. The van der Waals surface area contributed by atoms with Crippen LogP contribution in [-0.2, 0) is 41.0 Å². The molecule has 3 aromatic heterocycles. The van der Waals surface area contributed by atoms with E-state index in [-0.39, 0.29) is 58.4 Å². The van der Waals surface area contributed by atoms with Crippen LogP contribution >= 0.6 is 0 Å². The number of nitrogens with zero attached hydrogens (tertiary/aromatic N) is 6. The van der Waals surface area contributed by atoms with E-state index in [9.17, 15) is 2.74 Å². The minimum absolute atomic E-state index is 0.0831. The molecule has 74 heavy (non-hydrogen) atoms. The number of fused-ring (bicyclic) bond motifs is 4. The van der Waals surface area contributed by atoms with Crippen molar-refractivity contribution in [1.29, 1.82) is 0 Å². The van der Waals surface area contributed by atoms with Gasteiger partial charge in [-0.25, -0.2) is 0 Å². The van der Waals surface area contributed by atoms with Crippen LogP contribution in [0.25, 0.3) is 55.9 Å². The van der Waals surface area contributed by atoms with Crippen molar-refractivity contribution >= 4 is 29.5 Å². The van der Waals surface area contributed by atoms with E-state index in [1.807, 2.05) is 42.6 Å². The van der Waals surface area contributed by atoms with Gasteiger partial charge in [-0.15, -0.1) is 0 Å². The molecule has 0 saturated carbocycles. The van der Waals surface area contributed by atoms with Crippen LogP contribution in [0.5, 0.6) is 11.5 Å². The molecule has 0 amide bonds. The Balaban J connectivity index is 1.20. The van der Waals surface area contributed by atoms with Gasteiger partial charge in [0.05, 0.1) is 5.69 Å². The Morgan fingerprint density at radius 1 is 0.595 bits per heavy atom. The van der Waals surface area contributed by atoms with Gasteiger partial charge >= 0.3 is 385 Å². The molecule has 380 valence electrons. The van der Waals surface area contributed by atoms with Crippen molar-refractivity contribution in [3.05, 3.63) is 183 Å². The molecule has 0 saturated heterocycles. The van der Waals surface area contributed by atoms with E-state index in [2.05, 4.69) is 215 Å². The van der Waals surface area contributed by atoms with E-state index in [1.54, 1.807) is 0 Å². The number of aromatic nitrogens is 5. The second kappa shape index (κ2) is 18.7. The topological polar surface area (TPSA) is 53.0 Å². The zero-order valence-corrected chi connectivity index (χ0v) is 47.9. The Morgan fingerprint density at radius 3 is 1.81 bits per heavy atom. The normalized spacial score (nSPS) is 14.1. The van der Waals surface area contributed by atoms with E-state index in [4.69, 9.17) is 18.9 Å². The van der Waals surface area contributed by atoms with Crippen LogP contribution in [-0.4, -0.2) is 30.8 Å². The van der Waals surface area contributed by atoms with E-state index in [0.29, 0.717) is 22.7 Å². The summed E-state index contributed by atoms with van der Waals surface area (Å²) in [6.07, 6.45) is 2.70. The molecule has 0 spiro atoms. The van der Waals surface area contributed by atoms with Crippen molar-refractivity contribution in [1.82, 2.24) is 23.8 Å². The van der Waals surface area contributed by atoms with Gasteiger partial charge < -0.3 is 0 Å². The first-order valence-electron chi connectivity index (χ1n) is 28.3. The summed E-state index contributed by atoms with van der Waals surface area (Å²) in [5, 5.41) is 5.10. The third-order valence-corrected chi connectivity index (χ3v) is 15.7. The monoisotopic (exact) mass is 1160 g/mol. The van der Waals surface area contributed by atoms with Crippen molar-refractivity contribution in [2.24, 2.45) is 0 Å². The van der Waals surface area contributed by atoms with E-state index in [0.717, 1.165) is 77.6 Å². The molecule has 0 fully saturated rings. The first-order chi connectivity index (χ1) is 37.0.